The van der Waals surface area contributed by atoms with Gasteiger partial charge in [-0.05, 0) is 74.5 Å². The number of halogens is 3. The van der Waals surface area contributed by atoms with E-state index in [-0.39, 0.29) is 12.0 Å². The third-order valence-electron chi connectivity index (χ3n) is 7.82. The van der Waals surface area contributed by atoms with E-state index in [0.29, 0.717) is 51.1 Å². The molecule has 0 radical (unpaired) electrons. The Morgan fingerprint density at radius 2 is 1.85 bits per heavy atom. The van der Waals surface area contributed by atoms with Crippen LogP contribution in [-0.2, 0) is 4.79 Å². The first-order valence-electron chi connectivity index (χ1n) is 13.4. The normalized spacial score (nSPS) is 15.7. The molecule has 41 heavy (non-hydrogen) atoms. The average Bonchev–Trinajstić information content (AvgIpc) is 2.94. The van der Waals surface area contributed by atoms with Crippen molar-refractivity contribution in [3.05, 3.63) is 65.1 Å². The first kappa shape index (κ1) is 30.2. The second-order valence-corrected chi connectivity index (χ2v) is 10.8. The van der Waals surface area contributed by atoms with Crippen LogP contribution in [0.2, 0.25) is 0 Å². The molecule has 218 valence electrons. The van der Waals surface area contributed by atoms with Crippen molar-refractivity contribution in [3.63, 3.8) is 0 Å². The highest BCUT2D eigenvalue weighted by Crippen LogP contribution is 2.43. The van der Waals surface area contributed by atoms with Crippen LogP contribution in [0, 0.1) is 34.7 Å². The Bertz CT molecular complexity index is 1450. The number of aromatic nitrogens is 1. The lowest BCUT2D eigenvalue weighted by atomic mass is 9.71. The second kappa shape index (κ2) is 12.8. The molecule has 4 rings (SSSR count). The van der Waals surface area contributed by atoms with Crippen LogP contribution in [0.5, 0.6) is 5.75 Å². The predicted octanol–water partition coefficient (Wildman–Crippen LogP) is 5.15. The molecule has 1 saturated heterocycles. The number of carboxylic acids is 1. The minimum atomic E-state index is -1.53. The molecule has 7 nitrogen and oxygen atoms in total. The zero-order valence-corrected chi connectivity index (χ0v) is 23.4. The lowest BCUT2D eigenvalue weighted by Crippen LogP contribution is -2.41. The SMILES string of the molecule is COc1ccc2ncc(N(C)C)c(C(O)CCC3(CC(=O)O)CCN(CC#Cc4cc(F)c(F)c(F)c4)CC3)c2c1. The molecule has 2 heterocycles. The number of carbonyl (C=O) groups is 1. The highest BCUT2D eigenvalue weighted by Gasteiger charge is 2.37. The summed E-state index contributed by atoms with van der Waals surface area (Å²) in [4.78, 5) is 20.3. The van der Waals surface area contributed by atoms with Crippen molar-refractivity contribution in [3.8, 4) is 17.6 Å². The fraction of sp³-hybridized carbons (Fsp3) is 0.419. The maximum Gasteiger partial charge on any atom is 0.303 e. The Hall–Kier alpha value is -3.81. The molecule has 1 aromatic heterocycles. The Labute approximate surface area is 237 Å². The van der Waals surface area contributed by atoms with Gasteiger partial charge in [-0.2, -0.15) is 0 Å². The van der Waals surface area contributed by atoms with Crippen molar-refractivity contribution in [1.82, 2.24) is 9.88 Å². The van der Waals surface area contributed by atoms with E-state index < -0.39 is 34.9 Å². The molecule has 3 aromatic rings. The number of aliphatic hydroxyl groups is 1. The zero-order chi connectivity index (χ0) is 29.7. The quantitative estimate of drug-likeness (QED) is 0.272. The molecule has 0 spiro atoms. The van der Waals surface area contributed by atoms with Crippen LogP contribution < -0.4 is 9.64 Å². The zero-order valence-electron chi connectivity index (χ0n) is 23.4. The third-order valence-corrected chi connectivity index (χ3v) is 7.82. The summed E-state index contributed by atoms with van der Waals surface area (Å²) in [5.41, 5.74) is 1.78. The number of methoxy groups -OCH3 is 1. The molecule has 1 fully saturated rings. The van der Waals surface area contributed by atoms with Crippen LogP contribution in [-0.4, -0.2) is 66.9 Å². The fourth-order valence-electron chi connectivity index (χ4n) is 5.50. The number of piperidine rings is 1. The minimum absolute atomic E-state index is 0.0151. The molecule has 0 saturated carbocycles. The number of rotatable bonds is 9. The third kappa shape index (κ3) is 7.10. The number of anilines is 1. The fourth-order valence-corrected chi connectivity index (χ4v) is 5.50. The van der Waals surface area contributed by atoms with Crippen molar-refractivity contribution in [1.29, 1.82) is 0 Å². The van der Waals surface area contributed by atoms with Gasteiger partial charge in [-0.15, -0.1) is 0 Å². The number of fused-ring (bicyclic) bond motifs is 1. The molecular formula is C31H34F3N3O4. The minimum Gasteiger partial charge on any atom is -0.497 e. The monoisotopic (exact) mass is 569 g/mol. The van der Waals surface area contributed by atoms with Crippen molar-refractivity contribution < 1.29 is 32.9 Å². The van der Waals surface area contributed by atoms with Gasteiger partial charge >= 0.3 is 5.97 Å². The van der Waals surface area contributed by atoms with Crippen molar-refractivity contribution in [2.75, 3.05) is 45.7 Å². The number of hydrogen-bond acceptors (Lipinski definition) is 6. The highest BCUT2D eigenvalue weighted by molar-refractivity contribution is 5.88. The number of pyridine rings is 1. The van der Waals surface area contributed by atoms with Crippen molar-refractivity contribution >= 4 is 22.6 Å². The molecule has 10 heteroatoms. The van der Waals surface area contributed by atoms with Crippen LogP contribution in [0.4, 0.5) is 18.9 Å². The summed E-state index contributed by atoms with van der Waals surface area (Å²) in [7, 11) is 5.34. The van der Waals surface area contributed by atoms with Gasteiger partial charge in [0, 0.05) is 30.6 Å². The van der Waals surface area contributed by atoms with Gasteiger partial charge in [0.25, 0.3) is 0 Å². The summed E-state index contributed by atoms with van der Waals surface area (Å²) in [6.07, 6.45) is 2.93. The number of nitrogens with zero attached hydrogens (tertiary/aromatic N) is 3. The van der Waals surface area contributed by atoms with Crippen LogP contribution in [0.15, 0.2) is 36.5 Å². The molecule has 2 aromatic carbocycles. The Balaban J connectivity index is 1.47. The molecule has 1 aliphatic rings. The number of benzene rings is 2. The Morgan fingerprint density at radius 1 is 1.17 bits per heavy atom. The van der Waals surface area contributed by atoms with Crippen LogP contribution >= 0.6 is 0 Å². The lowest BCUT2D eigenvalue weighted by molar-refractivity contribution is -0.141. The Kier molecular flexibility index (Phi) is 9.41. The number of ether oxygens (including phenoxy) is 1. The molecule has 1 aliphatic heterocycles. The topological polar surface area (TPSA) is 86.1 Å². The molecule has 1 atom stereocenters. The lowest BCUT2D eigenvalue weighted by Gasteiger charge is -2.41. The van der Waals surface area contributed by atoms with Crippen molar-refractivity contribution in [2.24, 2.45) is 5.41 Å². The number of aliphatic hydroxyl groups excluding tert-OH is 1. The average molecular weight is 570 g/mol. The molecule has 0 amide bonds. The van der Waals surface area contributed by atoms with Gasteiger partial charge in [0.05, 0.1) is 43.6 Å². The summed E-state index contributed by atoms with van der Waals surface area (Å²) >= 11 is 0. The summed E-state index contributed by atoms with van der Waals surface area (Å²) in [5, 5.41) is 22.0. The maximum absolute atomic E-state index is 13.5. The highest BCUT2D eigenvalue weighted by atomic mass is 19.2. The predicted molar refractivity (Wildman–Crippen MR) is 150 cm³/mol. The second-order valence-electron chi connectivity index (χ2n) is 10.8. The summed E-state index contributed by atoms with van der Waals surface area (Å²) in [6, 6.07) is 7.23. The first-order valence-corrected chi connectivity index (χ1v) is 13.4. The van der Waals surface area contributed by atoms with E-state index in [4.69, 9.17) is 4.74 Å². The van der Waals surface area contributed by atoms with Gasteiger partial charge in [0.15, 0.2) is 17.5 Å². The van der Waals surface area contributed by atoms with Gasteiger partial charge in [-0.25, -0.2) is 13.2 Å². The Morgan fingerprint density at radius 3 is 2.46 bits per heavy atom. The number of likely N-dealkylation sites (tertiary alicyclic amines) is 1. The van der Waals surface area contributed by atoms with E-state index in [2.05, 4.69) is 16.8 Å². The molecule has 2 N–H and O–H groups in total. The van der Waals surface area contributed by atoms with Crippen LogP contribution in [0.25, 0.3) is 10.9 Å². The smallest absolute Gasteiger partial charge is 0.303 e. The summed E-state index contributed by atoms with van der Waals surface area (Å²) in [6.45, 7) is 1.49. The largest absolute Gasteiger partial charge is 0.497 e. The van der Waals surface area contributed by atoms with Gasteiger partial charge in [-0.1, -0.05) is 11.8 Å². The van der Waals surface area contributed by atoms with Gasteiger partial charge < -0.3 is 19.8 Å². The number of carboxylic acid groups (broad SMARTS) is 1. The van der Waals surface area contributed by atoms with E-state index in [0.717, 1.165) is 34.3 Å². The maximum atomic E-state index is 13.5. The van der Waals surface area contributed by atoms with Gasteiger partial charge in [0.2, 0.25) is 0 Å². The van der Waals surface area contributed by atoms with E-state index in [1.807, 2.05) is 42.1 Å². The van der Waals surface area contributed by atoms with Gasteiger partial charge in [0.1, 0.15) is 5.75 Å². The van der Waals surface area contributed by atoms with E-state index >= 15 is 0 Å². The van der Waals surface area contributed by atoms with Crippen molar-refractivity contribution in [2.45, 2.75) is 38.2 Å². The first-order chi connectivity index (χ1) is 19.5. The van der Waals surface area contributed by atoms with E-state index in [1.54, 1.807) is 13.3 Å². The van der Waals surface area contributed by atoms with Gasteiger partial charge in [-0.3, -0.25) is 14.7 Å². The number of aliphatic carboxylic acids is 1. The summed E-state index contributed by atoms with van der Waals surface area (Å²) in [5.74, 6) is 1.20. The standard InChI is InChI=1S/C31H34F3N3O4/c1-36(2)26-19-35-25-7-6-21(41-3)17-22(25)29(26)27(38)8-9-31(18-28(39)40)10-13-37(14-11-31)12-4-5-20-15-23(32)30(34)24(33)16-20/h6-7,15-17,19,27,38H,8-14,18H2,1-3H3,(H,39,40). The molecule has 0 aliphatic carbocycles. The molecular weight excluding hydrogens is 535 g/mol. The van der Waals surface area contributed by atoms with E-state index in [1.165, 1.54) is 0 Å². The molecule has 1 unspecified atom stereocenters. The van der Waals surface area contributed by atoms with Crippen LogP contribution in [0.3, 0.4) is 0 Å². The van der Waals surface area contributed by atoms with E-state index in [9.17, 15) is 28.2 Å². The van der Waals surface area contributed by atoms with Crippen LogP contribution in [0.1, 0.15) is 49.3 Å². The summed E-state index contributed by atoms with van der Waals surface area (Å²) < 4.78 is 45.5. The number of hydrogen-bond donors (Lipinski definition) is 2. The molecule has 0 bridgehead atoms.